The Hall–Kier alpha value is -0.610. The van der Waals surface area contributed by atoms with Gasteiger partial charge in [-0.2, -0.15) is 0 Å². The van der Waals surface area contributed by atoms with Crippen molar-refractivity contribution in [3.05, 3.63) is 0 Å². The van der Waals surface area contributed by atoms with Gasteiger partial charge < -0.3 is 11.5 Å². The summed E-state index contributed by atoms with van der Waals surface area (Å²) in [7, 11) is 0. The molecule has 0 aromatic rings. The Morgan fingerprint density at radius 2 is 2.12 bits per heavy atom. The van der Waals surface area contributed by atoms with Gasteiger partial charge in [-0.05, 0) is 52.5 Å². The molecule has 0 saturated carbocycles. The van der Waals surface area contributed by atoms with Gasteiger partial charge in [0.1, 0.15) is 0 Å². The van der Waals surface area contributed by atoms with Crippen LogP contribution in [0.1, 0.15) is 47.0 Å². The topological polar surface area (TPSA) is 72.3 Å². The molecule has 1 aliphatic heterocycles. The van der Waals surface area contributed by atoms with Gasteiger partial charge in [0, 0.05) is 12.1 Å². The number of hydrogen-bond donors (Lipinski definition) is 2. The molecule has 17 heavy (non-hydrogen) atoms. The van der Waals surface area contributed by atoms with Crippen molar-refractivity contribution < 1.29 is 4.79 Å². The van der Waals surface area contributed by atoms with Crippen LogP contribution in [-0.4, -0.2) is 35.0 Å². The maximum absolute atomic E-state index is 11.3. The van der Waals surface area contributed by atoms with Crippen molar-refractivity contribution in [2.45, 2.75) is 64.6 Å². The fourth-order valence-electron chi connectivity index (χ4n) is 2.82. The summed E-state index contributed by atoms with van der Waals surface area (Å²) >= 11 is 0. The first-order chi connectivity index (χ1) is 7.75. The number of likely N-dealkylation sites (tertiary alicyclic amines) is 1. The molecule has 0 radical (unpaired) electrons. The van der Waals surface area contributed by atoms with Crippen LogP contribution < -0.4 is 11.5 Å². The predicted octanol–water partition coefficient (Wildman–Crippen LogP) is 1.09. The summed E-state index contributed by atoms with van der Waals surface area (Å²) in [6.07, 6.45) is 3.15. The summed E-state index contributed by atoms with van der Waals surface area (Å²) < 4.78 is 0. The molecule has 1 fully saturated rings. The number of carbonyl (C=O) groups excluding carboxylic acids is 1. The standard InChI is InChI=1S/C13H27N3O/c1-9-6-5-7-16(11(9)3)10(2)8-13(4,15)12(14)17/h9-11H,5-8,15H2,1-4H3,(H2,14,17). The van der Waals surface area contributed by atoms with E-state index in [1.165, 1.54) is 12.8 Å². The molecule has 0 bridgehead atoms. The van der Waals surface area contributed by atoms with E-state index in [2.05, 4.69) is 25.7 Å². The van der Waals surface area contributed by atoms with Gasteiger partial charge >= 0.3 is 0 Å². The second kappa shape index (κ2) is 5.36. The quantitative estimate of drug-likeness (QED) is 0.774. The van der Waals surface area contributed by atoms with Crippen molar-refractivity contribution in [3.8, 4) is 0 Å². The highest BCUT2D eigenvalue weighted by atomic mass is 16.1. The summed E-state index contributed by atoms with van der Waals surface area (Å²) in [6.45, 7) is 9.52. The van der Waals surface area contributed by atoms with Gasteiger partial charge in [0.15, 0.2) is 0 Å². The molecule has 1 amide bonds. The first kappa shape index (κ1) is 14.5. The van der Waals surface area contributed by atoms with E-state index in [9.17, 15) is 4.79 Å². The molecule has 100 valence electrons. The van der Waals surface area contributed by atoms with Gasteiger partial charge in [-0.15, -0.1) is 0 Å². The molecule has 1 heterocycles. The van der Waals surface area contributed by atoms with E-state index in [-0.39, 0.29) is 0 Å². The number of nitrogens with two attached hydrogens (primary N) is 2. The largest absolute Gasteiger partial charge is 0.368 e. The van der Waals surface area contributed by atoms with Gasteiger partial charge in [0.05, 0.1) is 5.54 Å². The van der Waals surface area contributed by atoms with Crippen LogP contribution in [0.15, 0.2) is 0 Å². The molecular weight excluding hydrogens is 214 g/mol. The van der Waals surface area contributed by atoms with E-state index in [0.29, 0.717) is 24.4 Å². The van der Waals surface area contributed by atoms with Gasteiger partial charge in [-0.25, -0.2) is 0 Å². The number of rotatable bonds is 4. The van der Waals surface area contributed by atoms with Crippen LogP contribution in [0.3, 0.4) is 0 Å². The first-order valence-electron chi connectivity index (χ1n) is 6.60. The average Bonchev–Trinajstić information content (AvgIpc) is 2.21. The summed E-state index contributed by atoms with van der Waals surface area (Å²) in [5.41, 5.74) is 10.4. The van der Waals surface area contributed by atoms with Crippen molar-refractivity contribution in [2.75, 3.05) is 6.54 Å². The summed E-state index contributed by atoms with van der Waals surface area (Å²) in [5.74, 6) is 0.297. The summed E-state index contributed by atoms with van der Waals surface area (Å²) in [6, 6.07) is 0.859. The highest BCUT2D eigenvalue weighted by molar-refractivity contribution is 5.83. The van der Waals surface area contributed by atoms with Crippen LogP contribution in [-0.2, 0) is 4.79 Å². The van der Waals surface area contributed by atoms with Crippen molar-refractivity contribution in [1.82, 2.24) is 4.90 Å². The minimum atomic E-state index is -0.903. The second-order valence-corrected chi connectivity index (χ2v) is 5.93. The zero-order valence-corrected chi connectivity index (χ0v) is 11.6. The summed E-state index contributed by atoms with van der Waals surface area (Å²) in [4.78, 5) is 13.7. The molecule has 4 heteroatoms. The van der Waals surface area contributed by atoms with Crippen molar-refractivity contribution in [1.29, 1.82) is 0 Å². The number of primary amides is 1. The Labute approximate surface area is 105 Å². The number of piperidine rings is 1. The number of nitrogens with zero attached hydrogens (tertiary/aromatic N) is 1. The number of hydrogen-bond acceptors (Lipinski definition) is 3. The smallest absolute Gasteiger partial charge is 0.237 e. The van der Waals surface area contributed by atoms with Crippen molar-refractivity contribution in [3.63, 3.8) is 0 Å². The Kier molecular flexibility index (Phi) is 4.55. The molecule has 0 spiro atoms. The molecular formula is C13H27N3O. The molecule has 1 rings (SSSR count). The maximum Gasteiger partial charge on any atom is 0.237 e. The second-order valence-electron chi connectivity index (χ2n) is 5.93. The van der Waals surface area contributed by atoms with Gasteiger partial charge in [-0.1, -0.05) is 6.92 Å². The molecule has 1 saturated heterocycles. The van der Waals surface area contributed by atoms with E-state index in [1.54, 1.807) is 6.92 Å². The SMILES string of the molecule is CC1CCCN(C(C)CC(C)(N)C(N)=O)C1C. The molecule has 4 N–H and O–H groups in total. The zero-order chi connectivity index (χ0) is 13.2. The monoisotopic (exact) mass is 241 g/mol. The molecule has 1 aliphatic rings. The minimum Gasteiger partial charge on any atom is -0.368 e. The third-order valence-corrected chi connectivity index (χ3v) is 4.27. The van der Waals surface area contributed by atoms with Gasteiger partial charge in [-0.3, -0.25) is 9.69 Å². The van der Waals surface area contributed by atoms with Gasteiger partial charge in [0.25, 0.3) is 0 Å². The predicted molar refractivity (Wildman–Crippen MR) is 70.4 cm³/mol. The number of carbonyl (C=O) groups is 1. The normalized spacial score (nSPS) is 31.8. The fourth-order valence-corrected chi connectivity index (χ4v) is 2.82. The lowest BCUT2D eigenvalue weighted by atomic mass is 9.87. The van der Waals surface area contributed by atoms with Crippen LogP contribution in [0, 0.1) is 5.92 Å². The van der Waals surface area contributed by atoms with Gasteiger partial charge in [0.2, 0.25) is 5.91 Å². The first-order valence-corrected chi connectivity index (χ1v) is 6.60. The van der Waals surface area contributed by atoms with Crippen molar-refractivity contribution in [2.24, 2.45) is 17.4 Å². The van der Waals surface area contributed by atoms with E-state index in [0.717, 1.165) is 6.54 Å². The highest BCUT2D eigenvalue weighted by Gasteiger charge is 2.34. The molecule has 0 aliphatic carbocycles. The Morgan fingerprint density at radius 3 is 2.65 bits per heavy atom. The Balaban J connectivity index is 2.63. The van der Waals surface area contributed by atoms with E-state index < -0.39 is 11.4 Å². The highest BCUT2D eigenvalue weighted by Crippen LogP contribution is 2.27. The molecule has 4 unspecified atom stereocenters. The van der Waals surface area contributed by atoms with Crippen LogP contribution in [0.2, 0.25) is 0 Å². The van der Waals surface area contributed by atoms with Crippen LogP contribution in [0.25, 0.3) is 0 Å². The molecule has 0 aromatic heterocycles. The van der Waals surface area contributed by atoms with Crippen molar-refractivity contribution >= 4 is 5.91 Å². The van der Waals surface area contributed by atoms with Crippen LogP contribution in [0.5, 0.6) is 0 Å². The lowest BCUT2D eigenvalue weighted by Gasteiger charge is -2.43. The average molecular weight is 241 g/mol. The number of amides is 1. The third kappa shape index (κ3) is 3.42. The Morgan fingerprint density at radius 1 is 1.53 bits per heavy atom. The van der Waals surface area contributed by atoms with E-state index >= 15 is 0 Å². The van der Waals surface area contributed by atoms with Crippen LogP contribution in [0.4, 0.5) is 0 Å². The third-order valence-electron chi connectivity index (χ3n) is 4.27. The molecule has 4 nitrogen and oxygen atoms in total. The van der Waals surface area contributed by atoms with E-state index in [4.69, 9.17) is 11.5 Å². The lowest BCUT2D eigenvalue weighted by Crippen LogP contribution is -2.55. The molecule has 4 atom stereocenters. The van der Waals surface area contributed by atoms with E-state index in [1.807, 2.05) is 0 Å². The van der Waals surface area contributed by atoms with Crippen LogP contribution >= 0.6 is 0 Å². The zero-order valence-electron chi connectivity index (χ0n) is 11.6. The summed E-state index contributed by atoms with van der Waals surface area (Å²) in [5, 5.41) is 0. The molecule has 0 aromatic carbocycles. The minimum absolute atomic E-state index is 0.301. The Bertz CT molecular complexity index is 278. The maximum atomic E-state index is 11.3. The lowest BCUT2D eigenvalue weighted by molar-refractivity contribution is -0.123. The fraction of sp³-hybridized carbons (Fsp3) is 0.923.